The lowest BCUT2D eigenvalue weighted by Gasteiger charge is -2.22. The van der Waals surface area contributed by atoms with Gasteiger partial charge >= 0.3 is 0 Å². The van der Waals surface area contributed by atoms with Crippen molar-refractivity contribution in [2.24, 2.45) is 0 Å². The third-order valence-corrected chi connectivity index (χ3v) is 19.6. The summed E-state index contributed by atoms with van der Waals surface area (Å²) in [5.41, 5.74) is 22.1. The van der Waals surface area contributed by atoms with E-state index in [1.807, 2.05) is 0 Å². The fourth-order valence-corrected chi connectivity index (χ4v) is 15.6. The Morgan fingerprint density at radius 1 is 0.244 bits per heavy atom. The maximum absolute atomic E-state index is 2.68. The SMILES string of the molecule is CC(C)(C)c1cc(-c2ccc3c(c2)c2ccccc2n3-c2ccccc2)c2c(c1)c1cc(C(C)(C)C)cc3c4cc5c(cc4n2c31)c1c2ccccc2cc2c3c4ccccc4cc(-c4ccc6c(c4)c4ccccc4n6-c4ccccc4)c3n5c21. The zero-order chi connectivity index (χ0) is 57.2. The number of hydrogen-bond acceptors (Lipinski definition) is 0. The highest BCUT2D eigenvalue weighted by Gasteiger charge is 2.30. The Kier molecular flexibility index (Phi) is 9.31. The fourth-order valence-electron chi connectivity index (χ4n) is 15.6. The minimum atomic E-state index is -0.108. The first-order valence-corrected chi connectivity index (χ1v) is 30.4. The first-order valence-electron chi connectivity index (χ1n) is 30.4. The Labute approximate surface area is 496 Å². The molecule has 0 aliphatic heterocycles. The van der Waals surface area contributed by atoms with Gasteiger partial charge in [-0.15, -0.1) is 0 Å². The third-order valence-electron chi connectivity index (χ3n) is 19.6. The highest BCUT2D eigenvalue weighted by Crippen LogP contribution is 2.52. The molecule has 0 aliphatic rings. The number of para-hydroxylation sites is 4. The van der Waals surface area contributed by atoms with E-state index in [4.69, 9.17) is 0 Å². The summed E-state index contributed by atoms with van der Waals surface area (Å²) in [7, 11) is 0. The summed E-state index contributed by atoms with van der Waals surface area (Å²) in [6.45, 7) is 14.2. The topological polar surface area (TPSA) is 18.7 Å². The standard InChI is InChI=1S/C82H58N4/c1-81(2,3)51-41-60(50-34-36-72-62(39-50)58-30-18-20-32-70(58)84(72)54-25-11-8-12-26-54)77-65(43-51)66-44-52(82(4,5)6)42-64-63-45-74-67(46-73(63)85(77)78(64)66)75-55-27-15-14-22-48(55)40-68-76-56-28-16-13-21-47(56)37-59(79(76)86(74)80(68)75)49-33-35-71-61(38-49)57-29-17-19-31-69(57)83(71)53-23-9-7-10-24-53/h7-46H,1-6H3. The van der Waals surface area contributed by atoms with Gasteiger partial charge in [0.1, 0.15) is 0 Å². The lowest BCUT2D eigenvalue weighted by Crippen LogP contribution is -2.11. The molecule has 0 atom stereocenters. The Bertz CT molecular complexity index is 6130. The molecule has 19 rings (SSSR count). The van der Waals surface area contributed by atoms with Crippen molar-refractivity contribution >= 4 is 141 Å². The molecule has 6 heterocycles. The van der Waals surface area contributed by atoms with Crippen molar-refractivity contribution in [1.29, 1.82) is 0 Å². The molecule has 0 bridgehead atoms. The predicted molar refractivity (Wildman–Crippen MR) is 368 cm³/mol. The molecule has 0 aliphatic carbocycles. The highest BCUT2D eigenvalue weighted by atomic mass is 15.0. The van der Waals surface area contributed by atoms with E-state index in [-0.39, 0.29) is 10.8 Å². The first kappa shape index (κ1) is 48.0. The van der Waals surface area contributed by atoms with Gasteiger partial charge in [-0.3, -0.25) is 0 Å². The molecule has 0 radical (unpaired) electrons. The van der Waals surface area contributed by atoms with Gasteiger partial charge in [0.05, 0.1) is 55.2 Å². The summed E-state index contributed by atoms with van der Waals surface area (Å²) in [4.78, 5) is 0. The van der Waals surface area contributed by atoms with Crippen molar-refractivity contribution in [1.82, 2.24) is 17.9 Å². The number of hydrogen-bond donors (Lipinski definition) is 0. The fraction of sp³-hybridized carbons (Fsp3) is 0.0976. The Balaban J connectivity index is 0.966. The molecule has 86 heavy (non-hydrogen) atoms. The molecule has 0 unspecified atom stereocenters. The lowest BCUT2D eigenvalue weighted by atomic mass is 9.83. The zero-order valence-corrected chi connectivity index (χ0v) is 48.9. The van der Waals surface area contributed by atoms with Gasteiger partial charge in [0.15, 0.2) is 0 Å². The van der Waals surface area contributed by atoms with Gasteiger partial charge in [-0.1, -0.05) is 175 Å². The van der Waals surface area contributed by atoms with Gasteiger partial charge in [-0.25, -0.2) is 0 Å². The van der Waals surface area contributed by atoms with Crippen molar-refractivity contribution in [2.75, 3.05) is 0 Å². The van der Waals surface area contributed by atoms with E-state index < -0.39 is 0 Å². The molecule has 0 spiro atoms. The normalized spacial score (nSPS) is 13.0. The maximum atomic E-state index is 2.68. The summed E-state index contributed by atoms with van der Waals surface area (Å²) < 4.78 is 10.2. The zero-order valence-electron chi connectivity index (χ0n) is 48.9. The minimum absolute atomic E-state index is 0.106. The van der Waals surface area contributed by atoms with Crippen LogP contribution in [0.1, 0.15) is 52.7 Å². The quantitative estimate of drug-likeness (QED) is 0.167. The van der Waals surface area contributed by atoms with Gasteiger partial charge in [-0.2, -0.15) is 0 Å². The molecule has 0 N–H and O–H groups in total. The first-order chi connectivity index (χ1) is 41.9. The third kappa shape index (κ3) is 6.32. The van der Waals surface area contributed by atoms with Crippen LogP contribution in [0.5, 0.6) is 0 Å². The van der Waals surface area contributed by atoms with E-state index >= 15 is 0 Å². The maximum Gasteiger partial charge on any atom is 0.0627 e. The molecule has 4 nitrogen and oxygen atoms in total. The van der Waals surface area contributed by atoms with E-state index in [1.54, 1.807) is 0 Å². The van der Waals surface area contributed by atoms with Crippen LogP contribution in [0.3, 0.4) is 0 Å². The highest BCUT2D eigenvalue weighted by molar-refractivity contribution is 6.38. The molecule has 4 heteroatoms. The Morgan fingerprint density at radius 2 is 0.651 bits per heavy atom. The Hall–Kier alpha value is -10.4. The second kappa shape index (κ2) is 16.7. The molecule has 19 aromatic rings. The van der Waals surface area contributed by atoms with E-state index in [0.29, 0.717) is 0 Å². The lowest BCUT2D eigenvalue weighted by molar-refractivity contribution is 0.591. The number of fused-ring (bicyclic) bond motifs is 22. The largest absolute Gasteiger partial charge is 0.309 e. The van der Waals surface area contributed by atoms with E-state index in [1.165, 1.54) is 180 Å². The molecule has 0 saturated heterocycles. The summed E-state index contributed by atoms with van der Waals surface area (Å²) in [6, 6.07) is 92.3. The van der Waals surface area contributed by atoms with Gasteiger partial charge < -0.3 is 17.9 Å². The van der Waals surface area contributed by atoms with Crippen molar-refractivity contribution in [3.05, 3.63) is 254 Å². The van der Waals surface area contributed by atoms with E-state index in [2.05, 4.69) is 302 Å². The smallest absolute Gasteiger partial charge is 0.0627 e. The van der Waals surface area contributed by atoms with Crippen molar-refractivity contribution in [3.8, 4) is 33.6 Å². The van der Waals surface area contributed by atoms with Gasteiger partial charge in [0, 0.05) is 87.1 Å². The van der Waals surface area contributed by atoms with Gasteiger partial charge in [-0.05, 0) is 164 Å². The molecule has 13 aromatic carbocycles. The number of benzene rings is 13. The van der Waals surface area contributed by atoms with E-state index in [0.717, 1.165) is 5.69 Å². The molecular weight excluding hydrogens is 1040 g/mol. The van der Waals surface area contributed by atoms with Crippen LogP contribution in [0.4, 0.5) is 0 Å². The minimum Gasteiger partial charge on any atom is -0.309 e. The van der Waals surface area contributed by atoms with Crippen molar-refractivity contribution in [3.63, 3.8) is 0 Å². The summed E-state index contributed by atoms with van der Waals surface area (Å²) in [5.74, 6) is 0. The van der Waals surface area contributed by atoms with Crippen LogP contribution < -0.4 is 0 Å². The predicted octanol–water partition coefficient (Wildman–Crippen LogP) is 22.4. The summed E-state index contributed by atoms with van der Waals surface area (Å²) >= 11 is 0. The van der Waals surface area contributed by atoms with E-state index in [9.17, 15) is 0 Å². The van der Waals surface area contributed by atoms with Crippen LogP contribution in [0, 0.1) is 0 Å². The number of rotatable bonds is 4. The second-order valence-electron chi connectivity index (χ2n) is 26.5. The monoisotopic (exact) mass is 1100 g/mol. The molecule has 0 amide bonds. The molecule has 0 fully saturated rings. The number of nitrogens with zero attached hydrogens (tertiary/aromatic N) is 4. The van der Waals surface area contributed by atoms with Gasteiger partial charge in [0.2, 0.25) is 0 Å². The Morgan fingerprint density at radius 3 is 1.22 bits per heavy atom. The van der Waals surface area contributed by atoms with Crippen LogP contribution in [-0.2, 0) is 10.8 Å². The average molecular weight is 1100 g/mol. The van der Waals surface area contributed by atoms with Crippen LogP contribution >= 0.6 is 0 Å². The van der Waals surface area contributed by atoms with Crippen LogP contribution in [-0.4, -0.2) is 17.9 Å². The van der Waals surface area contributed by atoms with Crippen LogP contribution in [0.25, 0.3) is 175 Å². The molecular formula is C82H58N4. The summed E-state index contributed by atoms with van der Waals surface area (Å²) in [5, 5.41) is 20.4. The molecule has 406 valence electrons. The van der Waals surface area contributed by atoms with Gasteiger partial charge in [0.25, 0.3) is 0 Å². The van der Waals surface area contributed by atoms with Crippen molar-refractivity contribution in [2.45, 2.75) is 52.4 Å². The second-order valence-corrected chi connectivity index (χ2v) is 26.5. The average Bonchev–Trinajstić information content (AvgIpc) is 1.54. The number of aromatic nitrogens is 4. The molecule has 0 saturated carbocycles. The van der Waals surface area contributed by atoms with Crippen LogP contribution in [0.15, 0.2) is 243 Å². The van der Waals surface area contributed by atoms with Crippen molar-refractivity contribution < 1.29 is 0 Å². The molecule has 6 aromatic heterocycles. The summed E-state index contributed by atoms with van der Waals surface area (Å²) in [6.07, 6.45) is 0. The van der Waals surface area contributed by atoms with Crippen LogP contribution in [0.2, 0.25) is 0 Å².